The van der Waals surface area contributed by atoms with E-state index in [0.29, 0.717) is 0 Å². The van der Waals surface area contributed by atoms with Crippen LogP contribution in [0.25, 0.3) is 6.08 Å². The number of carbonyl (C=O) groups excluding carboxylic acids is 1. The average Bonchev–Trinajstić information content (AvgIpc) is 3.41. The van der Waals surface area contributed by atoms with Crippen molar-refractivity contribution >= 4 is 12.0 Å². The van der Waals surface area contributed by atoms with Crippen LogP contribution in [0.2, 0.25) is 0 Å². The first-order valence-electron chi connectivity index (χ1n) is 8.90. The lowest BCUT2D eigenvalue weighted by atomic mass is 9.97. The number of allylic oxidation sites excluding steroid dienone is 2. The van der Waals surface area contributed by atoms with Gasteiger partial charge in [-0.05, 0) is 30.5 Å². The van der Waals surface area contributed by atoms with Crippen LogP contribution < -0.4 is 0 Å². The molecule has 0 heterocycles. The maximum atomic E-state index is 12.8. The topological polar surface area (TPSA) is 26.3 Å². The Balaban J connectivity index is 1.78. The van der Waals surface area contributed by atoms with Crippen LogP contribution in [0.1, 0.15) is 30.4 Å². The lowest BCUT2D eigenvalue weighted by molar-refractivity contribution is -0.147. The number of rotatable bonds is 7. The van der Waals surface area contributed by atoms with Crippen LogP contribution in [0.5, 0.6) is 0 Å². The van der Waals surface area contributed by atoms with E-state index >= 15 is 0 Å². The standard InChI is InChI=1S/C24H24O2/c1-19(2)10-9-17-26-23(25)24(16-15-20-11-5-3-6-12-20)18-22(24)21-13-7-4-8-14-21/h3-16,22H,1,17-18H2,2H3/b10-9-,16-15+/t22-,24+/m1/s1. The number of benzene rings is 2. The van der Waals surface area contributed by atoms with E-state index in [1.54, 1.807) is 0 Å². The minimum Gasteiger partial charge on any atom is -0.461 e. The number of esters is 1. The van der Waals surface area contributed by atoms with Crippen LogP contribution in [0.3, 0.4) is 0 Å². The van der Waals surface area contributed by atoms with E-state index in [2.05, 4.69) is 18.7 Å². The molecule has 0 N–H and O–H groups in total. The summed E-state index contributed by atoms with van der Waals surface area (Å²) in [4.78, 5) is 12.8. The van der Waals surface area contributed by atoms with Crippen LogP contribution in [-0.4, -0.2) is 12.6 Å². The van der Waals surface area contributed by atoms with Crippen molar-refractivity contribution in [1.82, 2.24) is 0 Å². The van der Waals surface area contributed by atoms with Gasteiger partial charge in [-0.3, -0.25) is 4.79 Å². The summed E-state index contributed by atoms with van der Waals surface area (Å²) >= 11 is 0. The molecular weight excluding hydrogens is 320 g/mol. The van der Waals surface area contributed by atoms with Gasteiger partial charge in [0.1, 0.15) is 6.61 Å². The number of hydrogen-bond donors (Lipinski definition) is 0. The molecule has 1 fully saturated rings. The second kappa shape index (κ2) is 8.01. The zero-order valence-electron chi connectivity index (χ0n) is 15.1. The van der Waals surface area contributed by atoms with Crippen molar-refractivity contribution in [2.24, 2.45) is 5.41 Å². The number of hydrogen-bond acceptors (Lipinski definition) is 2. The van der Waals surface area contributed by atoms with Gasteiger partial charge in [0.15, 0.2) is 0 Å². The molecule has 0 saturated heterocycles. The third-order valence-corrected chi connectivity index (χ3v) is 4.67. The molecule has 0 amide bonds. The van der Waals surface area contributed by atoms with E-state index in [0.717, 1.165) is 17.6 Å². The molecule has 1 aliphatic rings. The fourth-order valence-electron chi connectivity index (χ4n) is 3.17. The molecule has 132 valence electrons. The quantitative estimate of drug-likeness (QED) is 0.486. The van der Waals surface area contributed by atoms with Crippen LogP contribution in [0.15, 0.2) is 91.0 Å². The molecule has 2 aromatic carbocycles. The van der Waals surface area contributed by atoms with E-state index in [4.69, 9.17) is 4.74 Å². The van der Waals surface area contributed by atoms with Crippen molar-refractivity contribution in [3.05, 3.63) is 102 Å². The van der Waals surface area contributed by atoms with Gasteiger partial charge in [0.05, 0.1) is 5.41 Å². The summed E-state index contributed by atoms with van der Waals surface area (Å²) in [6, 6.07) is 20.2. The van der Waals surface area contributed by atoms with Gasteiger partial charge < -0.3 is 4.74 Å². The van der Waals surface area contributed by atoms with E-state index in [-0.39, 0.29) is 18.5 Å². The van der Waals surface area contributed by atoms with E-state index in [1.807, 2.05) is 79.8 Å². The third kappa shape index (κ3) is 4.20. The summed E-state index contributed by atoms with van der Waals surface area (Å²) in [5, 5.41) is 0. The average molecular weight is 344 g/mol. The van der Waals surface area contributed by atoms with Crippen molar-refractivity contribution in [1.29, 1.82) is 0 Å². The summed E-state index contributed by atoms with van der Waals surface area (Å²) in [7, 11) is 0. The fourth-order valence-corrected chi connectivity index (χ4v) is 3.17. The molecule has 0 radical (unpaired) electrons. The van der Waals surface area contributed by atoms with Crippen molar-refractivity contribution in [2.75, 3.05) is 6.61 Å². The molecule has 3 rings (SSSR count). The Kier molecular flexibility index (Phi) is 5.52. The first-order valence-corrected chi connectivity index (χ1v) is 8.90. The molecule has 2 heteroatoms. The van der Waals surface area contributed by atoms with Crippen LogP contribution in [0.4, 0.5) is 0 Å². The van der Waals surface area contributed by atoms with Gasteiger partial charge >= 0.3 is 5.97 Å². The van der Waals surface area contributed by atoms with Gasteiger partial charge in [-0.2, -0.15) is 0 Å². The molecule has 26 heavy (non-hydrogen) atoms. The Labute approximate surface area is 155 Å². The molecular formula is C24H24O2. The first-order chi connectivity index (χ1) is 12.6. The van der Waals surface area contributed by atoms with Gasteiger partial charge in [0.2, 0.25) is 0 Å². The van der Waals surface area contributed by atoms with Gasteiger partial charge in [0.25, 0.3) is 0 Å². The number of carbonyl (C=O) groups is 1. The minimum atomic E-state index is -0.575. The molecule has 1 saturated carbocycles. The highest BCUT2D eigenvalue weighted by molar-refractivity contribution is 5.86. The second-order valence-corrected chi connectivity index (χ2v) is 6.80. The maximum absolute atomic E-state index is 12.8. The molecule has 2 nitrogen and oxygen atoms in total. The van der Waals surface area contributed by atoms with Gasteiger partial charge in [-0.1, -0.05) is 91.0 Å². The van der Waals surface area contributed by atoms with E-state index < -0.39 is 5.41 Å². The van der Waals surface area contributed by atoms with Gasteiger partial charge in [-0.15, -0.1) is 0 Å². The summed E-state index contributed by atoms with van der Waals surface area (Å²) in [6.45, 7) is 5.99. The Bertz CT molecular complexity index is 818. The third-order valence-electron chi connectivity index (χ3n) is 4.67. The molecule has 1 aliphatic carbocycles. The molecule has 0 bridgehead atoms. The van der Waals surface area contributed by atoms with Crippen molar-refractivity contribution in [2.45, 2.75) is 19.3 Å². The zero-order valence-corrected chi connectivity index (χ0v) is 15.1. The van der Waals surface area contributed by atoms with Gasteiger partial charge in [-0.25, -0.2) is 0 Å². The molecule has 0 unspecified atom stereocenters. The highest BCUT2D eigenvalue weighted by Crippen LogP contribution is 2.61. The monoisotopic (exact) mass is 344 g/mol. The largest absolute Gasteiger partial charge is 0.461 e. The summed E-state index contributed by atoms with van der Waals surface area (Å²) in [6.07, 6.45) is 8.51. The summed E-state index contributed by atoms with van der Waals surface area (Å²) < 4.78 is 5.54. The van der Waals surface area contributed by atoms with Crippen LogP contribution in [-0.2, 0) is 9.53 Å². The van der Waals surface area contributed by atoms with Crippen LogP contribution >= 0.6 is 0 Å². The Morgan fingerprint density at radius 2 is 1.81 bits per heavy atom. The van der Waals surface area contributed by atoms with Crippen molar-refractivity contribution < 1.29 is 9.53 Å². The fraction of sp³-hybridized carbons (Fsp3) is 0.208. The normalized spacial score (nSPS) is 21.8. The van der Waals surface area contributed by atoms with Crippen LogP contribution in [0, 0.1) is 5.41 Å². The Hall–Kier alpha value is -2.87. The summed E-state index contributed by atoms with van der Waals surface area (Å²) in [5.74, 6) is 0.00572. The zero-order chi connectivity index (χ0) is 18.4. The molecule has 0 aliphatic heterocycles. The van der Waals surface area contributed by atoms with Crippen molar-refractivity contribution in [3.63, 3.8) is 0 Å². The number of ether oxygens (including phenoxy) is 1. The SMILES string of the molecule is C=C(C)/C=C\COC(=O)[C@@]1(/C=C/c2ccccc2)C[C@@H]1c1ccccc1. The summed E-state index contributed by atoms with van der Waals surface area (Å²) in [5.41, 5.74) is 2.63. The highest BCUT2D eigenvalue weighted by atomic mass is 16.5. The Morgan fingerprint density at radius 1 is 1.15 bits per heavy atom. The van der Waals surface area contributed by atoms with Gasteiger partial charge in [0, 0.05) is 5.92 Å². The molecule has 2 atom stereocenters. The second-order valence-electron chi connectivity index (χ2n) is 6.80. The van der Waals surface area contributed by atoms with E-state index in [1.165, 1.54) is 5.56 Å². The smallest absolute Gasteiger partial charge is 0.316 e. The minimum absolute atomic E-state index is 0.162. The maximum Gasteiger partial charge on any atom is 0.316 e. The lowest BCUT2D eigenvalue weighted by Gasteiger charge is -2.12. The predicted octanol–water partition coefficient (Wildman–Crippen LogP) is 5.55. The molecule has 0 spiro atoms. The predicted molar refractivity (Wildman–Crippen MR) is 107 cm³/mol. The molecule has 0 aromatic heterocycles. The molecule has 2 aromatic rings. The highest BCUT2D eigenvalue weighted by Gasteiger charge is 2.59. The lowest BCUT2D eigenvalue weighted by Crippen LogP contribution is -2.19. The first kappa shape index (κ1) is 17.9. The van der Waals surface area contributed by atoms with Crippen molar-refractivity contribution in [3.8, 4) is 0 Å². The Morgan fingerprint density at radius 3 is 2.46 bits per heavy atom. The van der Waals surface area contributed by atoms with E-state index in [9.17, 15) is 4.79 Å².